The van der Waals surface area contributed by atoms with E-state index < -0.39 is 37.3 Å². The highest BCUT2D eigenvalue weighted by Gasteiger charge is 2.45. The summed E-state index contributed by atoms with van der Waals surface area (Å²) < 4.78 is 10.8. The number of hydrogen-bond donors (Lipinski definition) is 4. The maximum Gasteiger partial charge on any atom is 0.217 e. The van der Waals surface area contributed by atoms with Gasteiger partial charge in [-0.25, -0.2) is 0 Å². The fourth-order valence-electron chi connectivity index (χ4n) is 1.85. The first kappa shape index (κ1) is 15.3. The maximum absolute atomic E-state index is 11.1. The number of amides is 1. The van der Waals surface area contributed by atoms with Crippen molar-refractivity contribution in [3.63, 3.8) is 0 Å². The molecule has 1 saturated heterocycles. The van der Waals surface area contributed by atoms with E-state index in [0.29, 0.717) is 0 Å². The molecule has 0 bridgehead atoms. The van der Waals surface area contributed by atoms with Crippen LogP contribution < -0.4 is 5.32 Å². The zero-order valence-corrected chi connectivity index (χ0v) is 10.7. The molecule has 1 fully saturated rings. The highest BCUT2D eigenvalue weighted by molar-refractivity contribution is 5.73. The number of aliphatic hydroxyl groups excluding tert-OH is 3. The van der Waals surface area contributed by atoms with Gasteiger partial charge < -0.3 is 30.1 Å². The molecule has 18 heavy (non-hydrogen) atoms. The topological polar surface area (TPSA) is 108 Å². The number of carbonyl (C=O) groups is 1. The summed E-state index contributed by atoms with van der Waals surface area (Å²) in [6.45, 7) is 4.41. The van der Waals surface area contributed by atoms with Crippen LogP contribution in [0.2, 0.25) is 0 Å². The smallest absolute Gasteiger partial charge is 0.217 e. The van der Waals surface area contributed by atoms with Crippen LogP contribution in [0.4, 0.5) is 0 Å². The first-order valence-corrected chi connectivity index (χ1v) is 5.91. The molecular formula is C11H21NO6. The Bertz CT molecular complexity index is 285. The Hall–Kier alpha value is -0.730. The Morgan fingerprint density at radius 1 is 1.39 bits per heavy atom. The van der Waals surface area contributed by atoms with Crippen LogP contribution in [-0.2, 0) is 14.3 Å². The van der Waals surface area contributed by atoms with Gasteiger partial charge in [0.25, 0.3) is 0 Å². The lowest BCUT2D eigenvalue weighted by atomic mass is 9.97. The van der Waals surface area contributed by atoms with Crippen molar-refractivity contribution in [2.45, 2.75) is 57.5 Å². The Kier molecular flexibility index (Phi) is 5.48. The van der Waals surface area contributed by atoms with Crippen LogP contribution in [0, 0.1) is 0 Å². The minimum Gasteiger partial charge on any atom is -0.394 e. The van der Waals surface area contributed by atoms with E-state index in [1.165, 1.54) is 6.92 Å². The van der Waals surface area contributed by atoms with Crippen molar-refractivity contribution < 1.29 is 29.6 Å². The van der Waals surface area contributed by atoms with Crippen molar-refractivity contribution in [2.24, 2.45) is 0 Å². The van der Waals surface area contributed by atoms with E-state index in [9.17, 15) is 15.0 Å². The highest BCUT2D eigenvalue weighted by atomic mass is 16.7. The Labute approximate surface area is 106 Å². The summed E-state index contributed by atoms with van der Waals surface area (Å²) in [7, 11) is 0. The summed E-state index contributed by atoms with van der Waals surface area (Å²) in [6, 6.07) is -0.873. The average Bonchev–Trinajstić information content (AvgIpc) is 2.27. The molecule has 0 saturated carbocycles. The van der Waals surface area contributed by atoms with Crippen LogP contribution in [0.15, 0.2) is 0 Å². The molecule has 5 atom stereocenters. The van der Waals surface area contributed by atoms with Gasteiger partial charge in [0.05, 0.1) is 12.7 Å². The third kappa shape index (κ3) is 3.63. The zero-order chi connectivity index (χ0) is 13.9. The molecule has 7 nitrogen and oxygen atoms in total. The first-order valence-electron chi connectivity index (χ1n) is 5.91. The molecule has 4 N–H and O–H groups in total. The van der Waals surface area contributed by atoms with E-state index in [-0.39, 0.29) is 12.0 Å². The van der Waals surface area contributed by atoms with Crippen molar-refractivity contribution in [1.82, 2.24) is 5.32 Å². The lowest BCUT2D eigenvalue weighted by molar-refractivity contribution is -0.278. The van der Waals surface area contributed by atoms with Gasteiger partial charge in [-0.2, -0.15) is 0 Å². The fraction of sp³-hybridized carbons (Fsp3) is 0.909. The summed E-state index contributed by atoms with van der Waals surface area (Å²) in [5.41, 5.74) is 0. The van der Waals surface area contributed by atoms with Crippen LogP contribution in [0.3, 0.4) is 0 Å². The normalized spacial score (nSPS) is 36.7. The maximum atomic E-state index is 11.1. The standard InChI is InChI=1S/C11H21NO6/c1-5(2)17-11-8(12-6(3)14)10(16)9(15)7(4-13)18-11/h5,7-11,13,15-16H,4H2,1-3H3,(H,12,14)/t7-,8-,9-,10-,11-/m1/s1. The fourth-order valence-corrected chi connectivity index (χ4v) is 1.85. The molecule has 1 amide bonds. The van der Waals surface area contributed by atoms with Gasteiger partial charge in [0.2, 0.25) is 5.91 Å². The van der Waals surface area contributed by atoms with Crippen LogP contribution >= 0.6 is 0 Å². The molecule has 106 valence electrons. The van der Waals surface area contributed by atoms with Gasteiger partial charge in [0, 0.05) is 6.92 Å². The lowest BCUT2D eigenvalue weighted by Gasteiger charge is -2.42. The second-order valence-electron chi connectivity index (χ2n) is 4.62. The minimum absolute atomic E-state index is 0.187. The summed E-state index contributed by atoms with van der Waals surface area (Å²) in [5, 5.41) is 31.2. The van der Waals surface area contributed by atoms with E-state index in [1.807, 2.05) is 0 Å². The molecule has 7 heteroatoms. The van der Waals surface area contributed by atoms with Crippen LogP contribution in [0.25, 0.3) is 0 Å². The minimum atomic E-state index is -1.28. The average molecular weight is 263 g/mol. The predicted octanol–water partition coefficient (Wildman–Crippen LogP) is -1.64. The molecule has 0 aliphatic carbocycles. The van der Waals surface area contributed by atoms with Gasteiger partial charge in [-0.05, 0) is 13.8 Å². The van der Waals surface area contributed by atoms with Gasteiger partial charge in [-0.15, -0.1) is 0 Å². The summed E-state index contributed by atoms with van der Waals surface area (Å²) in [5.74, 6) is -0.366. The SMILES string of the molecule is CC(=O)N[C@H]1[C@H](OC(C)C)O[C@H](CO)[C@@H](O)[C@@H]1O. The van der Waals surface area contributed by atoms with Crippen molar-refractivity contribution in [3.8, 4) is 0 Å². The molecule has 1 aliphatic rings. The number of aliphatic hydroxyl groups is 3. The van der Waals surface area contributed by atoms with Crippen LogP contribution in [0.1, 0.15) is 20.8 Å². The largest absolute Gasteiger partial charge is 0.394 e. The van der Waals surface area contributed by atoms with Gasteiger partial charge in [0.15, 0.2) is 6.29 Å². The van der Waals surface area contributed by atoms with E-state index in [0.717, 1.165) is 0 Å². The zero-order valence-electron chi connectivity index (χ0n) is 10.7. The summed E-state index contributed by atoms with van der Waals surface area (Å²) in [4.78, 5) is 11.1. The molecule has 0 spiro atoms. The summed E-state index contributed by atoms with van der Waals surface area (Å²) in [6.07, 6.45) is -4.58. The number of rotatable bonds is 4. The number of ether oxygens (including phenoxy) is 2. The molecule has 1 rings (SSSR count). The molecule has 0 aromatic rings. The molecule has 1 aliphatic heterocycles. The van der Waals surface area contributed by atoms with Gasteiger partial charge >= 0.3 is 0 Å². The molecule has 0 radical (unpaired) electrons. The second-order valence-corrected chi connectivity index (χ2v) is 4.62. The Balaban J connectivity index is 2.83. The molecule has 0 aromatic heterocycles. The third-order valence-electron chi connectivity index (χ3n) is 2.66. The number of hydrogen-bond acceptors (Lipinski definition) is 6. The summed E-state index contributed by atoms with van der Waals surface area (Å²) >= 11 is 0. The van der Waals surface area contributed by atoms with Crippen molar-refractivity contribution in [1.29, 1.82) is 0 Å². The van der Waals surface area contributed by atoms with Crippen molar-refractivity contribution in [3.05, 3.63) is 0 Å². The van der Waals surface area contributed by atoms with E-state index >= 15 is 0 Å². The monoisotopic (exact) mass is 263 g/mol. The Morgan fingerprint density at radius 2 is 2.00 bits per heavy atom. The number of carbonyl (C=O) groups excluding carboxylic acids is 1. The quantitative estimate of drug-likeness (QED) is 0.484. The van der Waals surface area contributed by atoms with Crippen LogP contribution in [-0.4, -0.2) is 64.6 Å². The van der Waals surface area contributed by atoms with E-state index in [2.05, 4.69) is 5.32 Å². The van der Waals surface area contributed by atoms with Crippen molar-refractivity contribution in [2.75, 3.05) is 6.61 Å². The van der Waals surface area contributed by atoms with Crippen LogP contribution in [0.5, 0.6) is 0 Å². The van der Waals surface area contributed by atoms with Gasteiger partial charge in [0.1, 0.15) is 24.4 Å². The highest BCUT2D eigenvalue weighted by Crippen LogP contribution is 2.22. The van der Waals surface area contributed by atoms with E-state index in [1.54, 1.807) is 13.8 Å². The lowest BCUT2D eigenvalue weighted by Crippen LogP contribution is -2.64. The van der Waals surface area contributed by atoms with Crippen molar-refractivity contribution >= 4 is 5.91 Å². The molecular weight excluding hydrogens is 242 g/mol. The predicted molar refractivity (Wildman–Crippen MR) is 61.6 cm³/mol. The third-order valence-corrected chi connectivity index (χ3v) is 2.66. The van der Waals surface area contributed by atoms with Gasteiger partial charge in [-0.3, -0.25) is 4.79 Å². The molecule has 0 unspecified atom stereocenters. The molecule has 0 aromatic carbocycles. The Morgan fingerprint density at radius 3 is 2.44 bits per heavy atom. The van der Waals surface area contributed by atoms with Gasteiger partial charge in [-0.1, -0.05) is 0 Å². The first-order chi connectivity index (χ1) is 8.36. The number of nitrogens with one attached hydrogen (secondary N) is 1. The van der Waals surface area contributed by atoms with E-state index in [4.69, 9.17) is 14.6 Å². The molecule has 1 heterocycles. The second kappa shape index (κ2) is 6.44.